The Morgan fingerprint density at radius 3 is 2.29 bits per heavy atom. The zero-order chi connectivity index (χ0) is 23.2. The van der Waals surface area contributed by atoms with Crippen molar-refractivity contribution >= 4 is 21.8 Å². The van der Waals surface area contributed by atoms with Crippen molar-refractivity contribution < 1.29 is 31.4 Å². The van der Waals surface area contributed by atoms with E-state index in [-0.39, 0.29) is 29.0 Å². The minimum atomic E-state index is -4.84. The average molecular weight is 478 g/mol. The highest BCUT2D eigenvalue weighted by Gasteiger charge is 2.32. The predicted molar refractivity (Wildman–Crippen MR) is 115 cm³/mol. The fourth-order valence-corrected chi connectivity index (χ4v) is 5.76. The lowest BCUT2D eigenvalue weighted by Gasteiger charge is -2.26. The number of ether oxygens (including phenoxy) is 1. The highest BCUT2D eigenvalue weighted by Crippen LogP contribution is 2.31. The number of hydrogen-bond acceptors (Lipinski definition) is 5. The Hall–Kier alpha value is -1.91. The monoisotopic (exact) mass is 477 g/mol. The fourth-order valence-electron chi connectivity index (χ4n) is 2.89. The van der Waals surface area contributed by atoms with Gasteiger partial charge in [0.1, 0.15) is 11.5 Å². The lowest BCUT2D eigenvalue weighted by atomic mass is 10.2. The van der Waals surface area contributed by atoms with Crippen LogP contribution in [-0.2, 0) is 10.0 Å². The van der Waals surface area contributed by atoms with Gasteiger partial charge in [0.15, 0.2) is 0 Å². The Labute approximate surface area is 185 Å². The molecule has 0 aromatic heterocycles. The Kier molecular flexibility index (Phi) is 8.67. The lowest BCUT2D eigenvalue weighted by Crippen LogP contribution is -2.37. The average Bonchev–Trinajstić information content (AvgIpc) is 2.68. The summed E-state index contributed by atoms with van der Waals surface area (Å²) in [5.41, 5.74) is 0.735. The van der Waals surface area contributed by atoms with Crippen LogP contribution in [0.25, 0.3) is 0 Å². The van der Waals surface area contributed by atoms with Crippen molar-refractivity contribution in [2.24, 2.45) is 0 Å². The van der Waals surface area contributed by atoms with E-state index in [1.807, 2.05) is 19.9 Å². The van der Waals surface area contributed by atoms with Gasteiger partial charge in [0.2, 0.25) is 10.0 Å². The quantitative estimate of drug-likeness (QED) is 0.453. The zero-order valence-corrected chi connectivity index (χ0v) is 19.1. The second kappa shape index (κ2) is 10.6. The molecule has 0 aliphatic carbocycles. The first-order chi connectivity index (χ1) is 14.5. The van der Waals surface area contributed by atoms with Gasteiger partial charge in [0.25, 0.3) is 0 Å². The van der Waals surface area contributed by atoms with Crippen LogP contribution < -0.4 is 4.74 Å². The number of benzene rings is 2. The molecular formula is C21H26F3NO4S2. The van der Waals surface area contributed by atoms with Gasteiger partial charge in [-0.05, 0) is 67.8 Å². The number of rotatable bonds is 10. The maximum absolute atomic E-state index is 13.1. The minimum Gasteiger partial charge on any atom is -0.508 e. The standard InChI is InChI=1S/C21H26F3NO4S2/c1-4-12-25(14-17(5-2)30-18-8-11-20(26)15(3)13-18)31(27,28)19-9-6-16(7-10-19)29-21(22,23)24/h6-11,13,17,26H,4-5,12,14H2,1-3H3/t17-/m1/s1. The largest absolute Gasteiger partial charge is 0.573 e. The van der Waals surface area contributed by atoms with E-state index >= 15 is 0 Å². The lowest BCUT2D eigenvalue weighted by molar-refractivity contribution is -0.274. The highest BCUT2D eigenvalue weighted by molar-refractivity contribution is 8.00. The van der Waals surface area contributed by atoms with Crippen molar-refractivity contribution in [3.05, 3.63) is 48.0 Å². The first-order valence-corrected chi connectivity index (χ1v) is 12.1. The summed E-state index contributed by atoms with van der Waals surface area (Å²) in [5.74, 6) is -0.274. The molecule has 2 aromatic carbocycles. The molecule has 172 valence electrons. The summed E-state index contributed by atoms with van der Waals surface area (Å²) in [6.45, 7) is 6.15. The van der Waals surface area contributed by atoms with Gasteiger partial charge in [0.05, 0.1) is 4.90 Å². The SMILES string of the molecule is CCCN(C[C@@H](CC)Sc1ccc(O)c(C)c1)S(=O)(=O)c1ccc(OC(F)(F)F)cc1. The molecule has 0 heterocycles. The van der Waals surface area contributed by atoms with E-state index in [2.05, 4.69) is 4.74 Å². The number of nitrogens with zero attached hydrogens (tertiary/aromatic N) is 1. The molecule has 0 saturated carbocycles. The van der Waals surface area contributed by atoms with Crippen molar-refractivity contribution in [1.82, 2.24) is 4.31 Å². The summed E-state index contributed by atoms with van der Waals surface area (Å²) in [6.07, 6.45) is -3.54. The van der Waals surface area contributed by atoms with Gasteiger partial charge >= 0.3 is 6.36 Å². The van der Waals surface area contributed by atoms with E-state index in [1.165, 1.54) is 16.1 Å². The molecule has 0 spiro atoms. The van der Waals surface area contributed by atoms with E-state index < -0.39 is 22.1 Å². The van der Waals surface area contributed by atoms with Crippen LogP contribution in [0.1, 0.15) is 32.3 Å². The number of phenols is 1. The highest BCUT2D eigenvalue weighted by atomic mass is 32.2. The van der Waals surface area contributed by atoms with Crippen LogP contribution in [0.4, 0.5) is 13.2 Å². The molecule has 0 fully saturated rings. The second-order valence-corrected chi connectivity index (χ2v) is 10.3. The van der Waals surface area contributed by atoms with Crippen LogP contribution in [0.3, 0.4) is 0 Å². The molecule has 2 aromatic rings. The van der Waals surface area contributed by atoms with Gasteiger partial charge < -0.3 is 9.84 Å². The van der Waals surface area contributed by atoms with E-state index in [1.54, 1.807) is 19.1 Å². The Balaban J connectivity index is 2.20. The third-order valence-electron chi connectivity index (χ3n) is 4.50. The van der Waals surface area contributed by atoms with Crippen molar-refractivity contribution in [2.45, 2.75) is 55.0 Å². The molecule has 0 radical (unpaired) electrons. The second-order valence-electron chi connectivity index (χ2n) is 6.98. The minimum absolute atomic E-state index is 0.0434. The van der Waals surface area contributed by atoms with E-state index in [4.69, 9.17) is 0 Å². The van der Waals surface area contributed by atoms with Gasteiger partial charge in [-0.15, -0.1) is 24.9 Å². The van der Waals surface area contributed by atoms with Crippen LogP contribution in [0.15, 0.2) is 52.3 Å². The van der Waals surface area contributed by atoms with Gasteiger partial charge in [-0.25, -0.2) is 8.42 Å². The summed E-state index contributed by atoms with van der Waals surface area (Å²) in [4.78, 5) is 0.834. The Bertz CT molecular complexity index is 964. The van der Waals surface area contributed by atoms with E-state index in [9.17, 15) is 26.7 Å². The number of phenolic OH excluding ortho intramolecular Hbond substituents is 1. The maximum atomic E-state index is 13.1. The first-order valence-electron chi connectivity index (χ1n) is 9.78. The molecular weight excluding hydrogens is 451 g/mol. The fraction of sp³-hybridized carbons (Fsp3) is 0.429. The summed E-state index contributed by atoms with van der Waals surface area (Å²) in [7, 11) is -3.89. The normalized spacial score (nSPS) is 13.4. The van der Waals surface area contributed by atoms with Crippen LogP contribution in [0, 0.1) is 6.92 Å². The number of hydrogen-bond donors (Lipinski definition) is 1. The molecule has 0 saturated heterocycles. The maximum Gasteiger partial charge on any atom is 0.573 e. The van der Waals surface area contributed by atoms with Gasteiger partial charge in [0, 0.05) is 23.2 Å². The van der Waals surface area contributed by atoms with Gasteiger partial charge in [-0.1, -0.05) is 13.8 Å². The van der Waals surface area contributed by atoms with Crippen LogP contribution >= 0.6 is 11.8 Å². The molecule has 0 aliphatic rings. The summed E-state index contributed by atoms with van der Waals surface area (Å²) >= 11 is 1.52. The molecule has 10 heteroatoms. The third-order valence-corrected chi connectivity index (χ3v) is 7.72. The van der Waals surface area contributed by atoms with Crippen LogP contribution in [0.2, 0.25) is 0 Å². The molecule has 0 aliphatic heterocycles. The van der Waals surface area contributed by atoms with Crippen molar-refractivity contribution in [3.63, 3.8) is 0 Å². The molecule has 1 atom stereocenters. The number of alkyl halides is 3. The van der Waals surface area contributed by atoms with Gasteiger partial charge in [-0.3, -0.25) is 0 Å². The summed E-state index contributed by atoms with van der Waals surface area (Å²) in [5, 5.41) is 9.65. The molecule has 0 amide bonds. The van der Waals surface area contributed by atoms with Crippen molar-refractivity contribution in [3.8, 4) is 11.5 Å². The third kappa shape index (κ3) is 7.33. The molecule has 0 unspecified atom stereocenters. The number of thioether (sulfide) groups is 1. The van der Waals surface area contributed by atoms with Crippen molar-refractivity contribution in [2.75, 3.05) is 13.1 Å². The van der Waals surface area contributed by atoms with Gasteiger partial charge in [-0.2, -0.15) is 4.31 Å². The topological polar surface area (TPSA) is 66.8 Å². The predicted octanol–water partition coefficient (Wildman–Crippen LogP) is 5.57. The molecule has 0 bridgehead atoms. The summed E-state index contributed by atoms with van der Waals surface area (Å²) in [6, 6.07) is 9.47. The number of aryl methyl sites for hydroxylation is 1. The molecule has 2 rings (SSSR count). The Morgan fingerprint density at radius 2 is 1.77 bits per heavy atom. The van der Waals surface area contributed by atoms with E-state index in [0.717, 1.165) is 34.7 Å². The Morgan fingerprint density at radius 1 is 1.13 bits per heavy atom. The molecule has 1 N–H and O–H groups in total. The smallest absolute Gasteiger partial charge is 0.508 e. The van der Waals surface area contributed by atoms with Crippen molar-refractivity contribution in [1.29, 1.82) is 0 Å². The molecule has 31 heavy (non-hydrogen) atoms. The number of halogens is 3. The number of aromatic hydroxyl groups is 1. The summed E-state index contributed by atoms with van der Waals surface area (Å²) < 4.78 is 68.5. The number of sulfonamides is 1. The van der Waals surface area contributed by atoms with Crippen LogP contribution in [0.5, 0.6) is 11.5 Å². The van der Waals surface area contributed by atoms with Crippen LogP contribution in [-0.4, -0.2) is 42.5 Å². The zero-order valence-electron chi connectivity index (χ0n) is 17.5. The molecule has 5 nitrogen and oxygen atoms in total. The first kappa shape index (κ1) is 25.4. The van der Waals surface area contributed by atoms with E-state index in [0.29, 0.717) is 12.8 Å².